The minimum Gasteiger partial charge on any atom is -0.464 e. The van der Waals surface area contributed by atoms with Gasteiger partial charge in [0.05, 0.1) is 6.61 Å². The number of rotatable bonds is 22. The van der Waals surface area contributed by atoms with Crippen LogP contribution in [0, 0.1) is 0 Å². The highest BCUT2D eigenvalue weighted by molar-refractivity contribution is 5.84. The molecule has 0 heterocycles. The first-order valence-electron chi connectivity index (χ1n) is 13.1. The van der Waals surface area contributed by atoms with E-state index in [0.717, 1.165) is 25.7 Å². The summed E-state index contributed by atoms with van der Waals surface area (Å²) in [6.07, 6.45) is 23.0. The molecule has 0 bridgehead atoms. The van der Waals surface area contributed by atoms with Crippen LogP contribution in [0.3, 0.4) is 0 Å². The average molecular weight is 426 g/mol. The van der Waals surface area contributed by atoms with Gasteiger partial charge in [-0.15, -0.1) is 0 Å². The molecular formula is C26H51NO3. The molecule has 0 fully saturated rings. The molecule has 0 aromatic carbocycles. The fourth-order valence-electron chi connectivity index (χ4n) is 3.68. The summed E-state index contributed by atoms with van der Waals surface area (Å²) in [7, 11) is 0. The Morgan fingerprint density at radius 3 is 1.50 bits per heavy atom. The summed E-state index contributed by atoms with van der Waals surface area (Å²) in [6.45, 7) is 6.62. The van der Waals surface area contributed by atoms with Crippen LogP contribution in [0.4, 0.5) is 0 Å². The first kappa shape index (κ1) is 28.9. The first-order valence-corrected chi connectivity index (χ1v) is 13.1. The average Bonchev–Trinajstić information content (AvgIpc) is 2.73. The summed E-state index contributed by atoms with van der Waals surface area (Å²) in [6, 6.07) is -0.546. The van der Waals surface area contributed by atoms with Crippen molar-refractivity contribution in [2.75, 3.05) is 6.61 Å². The number of unbranched alkanes of at least 4 members (excludes halogenated alkanes) is 16. The Hall–Kier alpha value is -1.06. The van der Waals surface area contributed by atoms with Crippen molar-refractivity contribution in [3.05, 3.63) is 0 Å². The molecule has 0 aromatic rings. The van der Waals surface area contributed by atoms with E-state index >= 15 is 0 Å². The molecule has 0 saturated heterocycles. The number of ether oxygens (including phenoxy) is 1. The summed E-state index contributed by atoms with van der Waals surface area (Å²) in [5.41, 5.74) is 0. The van der Waals surface area contributed by atoms with Gasteiger partial charge in [-0.2, -0.15) is 0 Å². The molecule has 0 rings (SSSR count). The van der Waals surface area contributed by atoms with Crippen molar-refractivity contribution in [1.82, 2.24) is 5.32 Å². The van der Waals surface area contributed by atoms with Crippen LogP contribution in [0.5, 0.6) is 0 Å². The largest absolute Gasteiger partial charge is 0.464 e. The second-order valence-corrected chi connectivity index (χ2v) is 8.86. The van der Waals surface area contributed by atoms with Crippen LogP contribution >= 0.6 is 0 Å². The van der Waals surface area contributed by atoms with Crippen molar-refractivity contribution >= 4 is 11.9 Å². The highest BCUT2D eigenvalue weighted by Crippen LogP contribution is 2.12. The SMILES string of the molecule is CCCCCCCCCCCCCCCOC(=O)[C@H](C)NC(=O)CCCCCCC. The summed E-state index contributed by atoms with van der Waals surface area (Å²) in [4.78, 5) is 23.8. The third-order valence-electron chi connectivity index (χ3n) is 5.73. The number of esters is 1. The molecule has 30 heavy (non-hydrogen) atoms. The first-order chi connectivity index (χ1) is 14.6. The predicted molar refractivity (Wildman–Crippen MR) is 128 cm³/mol. The minimum atomic E-state index is -0.546. The molecular weight excluding hydrogens is 374 g/mol. The Balaban J connectivity index is 3.42. The molecule has 1 N–H and O–H groups in total. The maximum Gasteiger partial charge on any atom is 0.328 e. The summed E-state index contributed by atoms with van der Waals surface area (Å²) >= 11 is 0. The van der Waals surface area contributed by atoms with Crippen LogP contribution < -0.4 is 5.32 Å². The van der Waals surface area contributed by atoms with Gasteiger partial charge >= 0.3 is 5.97 Å². The van der Waals surface area contributed by atoms with E-state index in [1.54, 1.807) is 6.92 Å². The third kappa shape index (κ3) is 20.2. The molecule has 0 radical (unpaired) electrons. The van der Waals surface area contributed by atoms with E-state index in [4.69, 9.17) is 4.74 Å². The van der Waals surface area contributed by atoms with E-state index in [1.807, 2.05) is 0 Å². The molecule has 178 valence electrons. The van der Waals surface area contributed by atoms with Crippen molar-refractivity contribution in [3.8, 4) is 0 Å². The number of hydrogen-bond donors (Lipinski definition) is 1. The van der Waals surface area contributed by atoms with Gasteiger partial charge in [-0.05, 0) is 19.8 Å². The van der Waals surface area contributed by atoms with E-state index in [2.05, 4.69) is 19.2 Å². The highest BCUT2D eigenvalue weighted by Gasteiger charge is 2.16. The van der Waals surface area contributed by atoms with E-state index in [-0.39, 0.29) is 11.9 Å². The van der Waals surface area contributed by atoms with Gasteiger partial charge in [0, 0.05) is 6.42 Å². The summed E-state index contributed by atoms with van der Waals surface area (Å²) < 4.78 is 5.31. The lowest BCUT2D eigenvalue weighted by Crippen LogP contribution is -2.39. The zero-order valence-corrected chi connectivity index (χ0v) is 20.4. The monoisotopic (exact) mass is 425 g/mol. The van der Waals surface area contributed by atoms with Crippen LogP contribution in [0.25, 0.3) is 0 Å². The fourth-order valence-corrected chi connectivity index (χ4v) is 3.68. The molecule has 4 nitrogen and oxygen atoms in total. The zero-order valence-electron chi connectivity index (χ0n) is 20.4. The molecule has 0 aliphatic rings. The molecule has 1 atom stereocenters. The Labute approximate surface area is 187 Å². The third-order valence-corrected chi connectivity index (χ3v) is 5.73. The maximum atomic E-state index is 12.0. The van der Waals surface area contributed by atoms with E-state index in [9.17, 15) is 9.59 Å². The number of carbonyl (C=O) groups excluding carboxylic acids is 2. The van der Waals surface area contributed by atoms with Gasteiger partial charge in [0.2, 0.25) is 5.91 Å². The van der Waals surface area contributed by atoms with Crippen LogP contribution in [0.2, 0.25) is 0 Å². The highest BCUT2D eigenvalue weighted by atomic mass is 16.5. The van der Waals surface area contributed by atoms with Gasteiger partial charge in [0.1, 0.15) is 6.04 Å². The lowest BCUT2D eigenvalue weighted by molar-refractivity contribution is -0.147. The maximum absolute atomic E-state index is 12.0. The standard InChI is InChI=1S/C26H51NO3/c1-4-6-8-10-11-12-13-14-15-16-17-19-21-23-30-26(29)24(3)27-25(28)22-20-18-9-7-5-2/h24H,4-23H2,1-3H3,(H,27,28)/t24-/m0/s1. The van der Waals surface area contributed by atoms with Crippen molar-refractivity contribution in [2.24, 2.45) is 0 Å². The Kier molecular flexibility index (Phi) is 21.8. The smallest absolute Gasteiger partial charge is 0.328 e. The molecule has 0 aliphatic heterocycles. The van der Waals surface area contributed by atoms with Crippen LogP contribution in [0.15, 0.2) is 0 Å². The molecule has 4 heteroatoms. The molecule has 0 aliphatic carbocycles. The van der Waals surface area contributed by atoms with Crippen molar-refractivity contribution < 1.29 is 14.3 Å². The quantitative estimate of drug-likeness (QED) is 0.144. The Morgan fingerprint density at radius 2 is 1.03 bits per heavy atom. The number of nitrogens with one attached hydrogen (secondary N) is 1. The number of hydrogen-bond acceptors (Lipinski definition) is 3. The van der Waals surface area contributed by atoms with Gasteiger partial charge in [-0.1, -0.05) is 117 Å². The summed E-state index contributed by atoms with van der Waals surface area (Å²) in [5.74, 6) is -0.356. The van der Waals surface area contributed by atoms with Crippen molar-refractivity contribution in [3.63, 3.8) is 0 Å². The lowest BCUT2D eigenvalue weighted by atomic mass is 10.0. The Morgan fingerprint density at radius 1 is 0.633 bits per heavy atom. The minimum absolute atomic E-state index is 0.0445. The van der Waals surface area contributed by atoms with Gasteiger partial charge in [0.15, 0.2) is 0 Å². The molecule has 0 spiro atoms. The van der Waals surface area contributed by atoms with Gasteiger partial charge < -0.3 is 10.1 Å². The molecule has 1 amide bonds. The normalized spacial score (nSPS) is 12.0. The van der Waals surface area contributed by atoms with Gasteiger partial charge in [-0.3, -0.25) is 4.79 Å². The van der Waals surface area contributed by atoms with E-state index in [1.165, 1.54) is 89.9 Å². The molecule has 0 saturated carbocycles. The van der Waals surface area contributed by atoms with Crippen LogP contribution in [-0.4, -0.2) is 24.5 Å². The number of amides is 1. The Bertz CT molecular complexity index is 398. The second-order valence-electron chi connectivity index (χ2n) is 8.86. The zero-order chi connectivity index (χ0) is 22.3. The lowest BCUT2D eigenvalue weighted by Gasteiger charge is -2.13. The fraction of sp³-hybridized carbons (Fsp3) is 0.923. The predicted octanol–water partition coefficient (Wildman–Crippen LogP) is 7.49. The van der Waals surface area contributed by atoms with Crippen molar-refractivity contribution in [2.45, 2.75) is 149 Å². The molecule has 0 aromatic heterocycles. The second kappa shape index (κ2) is 22.6. The summed E-state index contributed by atoms with van der Waals surface area (Å²) in [5, 5.41) is 2.76. The van der Waals surface area contributed by atoms with E-state index < -0.39 is 6.04 Å². The van der Waals surface area contributed by atoms with Crippen molar-refractivity contribution in [1.29, 1.82) is 0 Å². The van der Waals surface area contributed by atoms with Crippen LogP contribution in [-0.2, 0) is 14.3 Å². The molecule has 0 unspecified atom stereocenters. The van der Waals surface area contributed by atoms with Gasteiger partial charge in [-0.25, -0.2) is 4.79 Å². The van der Waals surface area contributed by atoms with Gasteiger partial charge in [0.25, 0.3) is 0 Å². The number of carbonyl (C=O) groups is 2. The van der Waals surface area contributed by atoms with Crippen LogP contribution in [0.1, 0.15) is 143 Å². The topological polar surface area (TPSA) is 55.4 Å². The van der Waals surface area contributed by atoms with E-state index in [0.29, 0.717) is 13.0 Å².